The van der Waals surface area contributed by atoms with Crippen LogP contribution >= 0.6 is 0 Å². The highest BCUT2D eigenvalue weighted by Crippen LogP contribution is 2.41. The zero-order valence-electron chi connectivity index (χ0n) is 9.36. The zero-order valence-corrected chi connectivity index (χ0v) is 9.36. The summed E-state index contributed by atoms with van der Waals surface area (Å²) in [5.41, 5.74) is 0.406. The molecule has 1 N–H and O–H groups in total. The standard InChI is InChI=1S/C13H18O2/c1-10(2)15-12-6-3-5-11(9-12)13(14)7-4-8-13/h3,5-6,9-10,14H,4,7-8H2,1-2H3. The highest BCUT2D eigenvalue weighted by molar-refractivity contribution is 5.33. The maximum atomic E-state index is 10.2. The van der Waals surface area contributed by atoms with E-state index in [-0.39, 0.29) is 6.10 Å². The van der Waals surface area contributed by atoms with Crippen LogP contribution in [0.4, 0.5) is 0 Å². The van der Waals surface area contributed by atoms with E-state index in [9.17, 15) is 5.11 Å². The Kier molecular flexibility index (Phi) is 2.70. The molecule has 1 aliphatic rings. The molecule has 2 nitrogen and oxygen atoms in total. The number of hydrogen-bond acceptors (Lipinski definition) is 2. The summed E-state index contributed by atoms with van der Waals surface area (Å²) in [6.07, 6.45) is 3.04. The molecule has 1 aromatic carbocycles. The molecule has 1 aliphatic carbocycles. The summed E-state index contributed by atoms with van der Waals surface area (Å²) in [4.78, 5) is 0. The van der Waals surface area contributed by atoms with Crippen molar-refractivity contribution in [3.8, 4) is 5.75 Å². The van der Waals surface area contributed by atoms with Gasteiger partial charge in [0.2, 0.25) is 0 Å². The van der Waals surface area contributed by atoms with E-state index in [1.165, 1.54) is 0 Å². The number of hydrogen-bond donors (Lipinski definition) is 1. The topological polar surface area (TPSA) is 29.5 Å². The molecule has 2 heteroatoms. The average Bonchev–Trinajstić information content (AvgIpc) is 2.13. The first-order valence-electron chi connectivity index (χ1n) is 5.60. The summed E-state index contributed by atoms with van der Waals surface area (Å²) in [5, 5.41) is 10.2. The summed E-state index contributed by atoms with van der Waals surface area (Å²) in [6, 6.07) is 7.82. The van der Waals surface area contributed by atoms with Crippen LogP contribution in [0.3, 0.4) is 0 Å². The molecule has 1 saturated carbocycles. The number of rotatable bonds is 3. The van der Waals surface area contributed by atoms with Crippen molar-refractivity contribution in [2.45, 2.75) is 44.8 Å². The van der Waals surface area contributed by atoms with Gasteiger partial charge in [-0.3, -0.25) is 0 Å². The van der Waals surface area contributed by atoms with Crippen molar-refractivity contribution in [3.63, 3.8) is 0 Å². The fourth-order valence-corrected chi connectivity index (χ4v) is 1.93. The lowest BCUT2D eigenvalue weighted by Gasteiger charge is -2.37. The first-order chi connectivity index (χ1) is 7.10. The maximum absolute atomic E-state index is 10.2. The van der Waals surface area contributed by atoms with Gasteiger partial charge in [0.15, 0.2) is 0 Å². The molecule has 0 amide bonds. The van der Waals surface area contributed by atoms with E-state index in [0.29, 0.717) is 0 Å². The van der Waals surface area contributed by atoms with Crippen LogP contribution in [0.1, 0.15) is 38.7 Å². The van der Waals surface area contributed by atoms with E-state index in [4.69, 9.17) is 4.74 Å². The first kappa shape index (κ1) is 10.5. The van der Waals surface area contributed by atoms with Crippen LogP contribution in [-0.4, -0.2) is 11.2 Å². The molecule has 1 fully saturated rings. The van der Waals surface area contributed by atoms with Crippen LogP contribution in [0.5, 0.6) is 5.75 Å². The molecule has 1 aromatic rings. The molecule has 15 heavy (non-hydrogen) atoms. The number of benzene rings is 1. The maximum Gasteiger partial charge on any atom is 0.120 e. The molecule has 0 bridgehead atoms. The van der Waals surface area contributed by atoms with Crippen molar-refractivity contribution in [1.82, 2.24) is 0 Å². The van der Waals surface area contributed by atoms with E-state index >= 15 is 0 Å². The van der Waals surface area contributed by atoms with Gasteiger partial charge in [0, 0.05) is 0 Å². The molecule has 0 spiro atoms. The molecule has 82 valence electrons. The van der Waals surface area contributed by atoms with Crippen LogP contribution in [-0.2, 0) is 5.60 Å². The molecular weight excluding hydrogens is 188 g/mol. The van der Waals surface area contributed by atoms with Crippen LogP contribution in [0.25, 0.3) is 0 Å². The van der Waals surface area contributed by atoms with Gasteiger partial charge in [-0.1, -0.05) is 12.1 Å². The minimum Gasteiger partial charge on any atom is -0.491 e. The fourth-order valence-electron chi connectivity index (χ4n) is 1.93. The molecule has 0 saturated heterocycles. The molecule has 0 aromatic heterocycles. The highest BCUT2D eigenvalue weighted by atomic mass is 16.5. The van der Waals surface area contributed by atoms with Crippen molar-refractivity contribution in [3.05, 3.63) is 29.8 Å². The monoisotopic (exact) mass is 206 g/mol. The van der Waals surface area contributed by atoms with Crippen LogP contribution < -0.4 is 4.74 Å². The minimum atomic E-state index is -0.587. The Bertz CT molecular complexity index is 340. The zero-order chi connectivity index (χ0) is 10.9. The Morgan fingerprint density at radius 2 is 2.07 bits per heavy atom. The summed E-state index contributed by atoms with van der Waals surface area (Å²) >= 11 is 0. The van der Waals surface area contributed by atoms with Crippen molar-refractivity contribution >= 4 is 0 Å². The molecule has 0 atom stereocenters. The third kappa shape index (κ3) is 2.15. The van der Waals surface area contributed by atoms with Gasteiger partial charge >= 0.3 is 0 Å². The van der Waals surface area contributed by atoms with Crippen molar-refractivity contribution in [2.75, 3.05) is 0 Å². The third-order valence-electron chi connectivity index (χ3n) is 2.92. The predicted molar refractivity (Wildman–Crippen MR) is 60.0 cm³/mol. The van der Waals surface area contributed by atoms with Gasteiger partial charge in [0.1, 0.15) is 5.75 Å². The summed E-state index contributed by atoms with van der Waals surface area (Å²) in [7, 11) is 0. The largest absolute Gasteiger partial charge is 0.491 e. The van der Waals surface area contributed by atoms with Crippen molar-refractivity contribution in [1.29, 1.82) is 0 Å². The van der Waals surface area contributed by atoms with Crippen LogP contribution in [0.15, 0.2) is 24.3 Å². The molecule has 0 radical (unpaired) electrons. The Morgan fingerprint density at radius 1 is 1.33 bits per heavy atom. The average molecular weight is 206 g/mol. The lowest BCUT2D eigenvalue weighted by Crippen LogP contribution is -2.33. The van der Waals surface area contributed by atoms with E-state index in [1.54, 1.807) is 0 Å². The quantitative estimate of drug-likeness (QED) is 0.824. The van der Waals surface area contributed by atoms with E-state index < -0.39 is 5.60 Å². The van der Waals surface area contributed by atoms with Crippen molar-refractivity contribution < 1.29 is 9.84 Å². The van der Waals surface area contributed by atoms with Gasteiger partial charge in [0.05, 0.1) is 11.7 Å². The van der Waals surface area contributed by atoms with Gasteiger partial charge < -0.3 is 9.84 Å². The summed E-state index contributed by atoms with van der Waals surface area (Å²) < 4.78 is 5.61. The van der Waals surface area contributed by atoms with Crippen LogP contribution in [0.2, 0.25) is 0 Å². The highest BCUT2D eigenvalue weighted by Gasteiger charge is 2.36. The molecule has 0 aliphatic heterocycles. The van der Waals surface area contributed by atoms with Gasteiger partial charge in [-0.2, -0.15) is 0 Å². The van der Waals surface area contributed by atoms with E-state index in [2.05, 4.69) is 0 Å². The SMILES string of the molecule is CC(C)Oc1cccc(C2(O)CCC2)c1. The summed E-state index contributed by atoms with van der Waals surface area (Å²) in [5.74, 6) is 0.850. The van der Waals surface area contributed by atoms with Crippen molar-refractivity contribution in [2.24, 2.45) is 0 Å². The van der Waals surface area contributed by atoms with E-state index in [1.807, 2.05) is 38.1 Å². The minimum absolute atomic E-state index is 0.177. The second kappa shape index (κ2) is 3.86. The second-order valence-electron chi connectivity index (χ2n) is 4.58. The molecule has 0 heterocycles. The fraction of sp³-hybridized carbons (Fsp3) is 0.538. The Balaban J connectivity index is 2.19. The molecule has 2 rings (SSSR count). The van der Waals surface area contributed by atoms with Crippen LogP contribution in [0, 0.1) is 0 Å². The normalized spacial score (nSPS) is 18.7. The van der Waals surface area contributed by atoms with Gasteiger partial charge in [-0.05, 0) is 50.8 Å². The van der Waals surface area contributed by atoms with E-state index in [0.717, 1.165) is 30.6 Å². The Hall–Kier alpha value is -1.02. The summed E-state index contributed by atoms with van der Waals surface area (Å²) in [6.45, 7) is 4.01. The Morgan fingerprint density at radius 3 is 2.60 bits per heavy atom. The lowest BCUT2D eigenvalue weighted by atomic mass is 9.75. The number of ether oxygens (including phenoxy) is 1. The van der Waals surface area contributed by atoms with Gasteiger partial charge in [-0.15, -0.1) is 0 Å². The lowest BCUT2D eigenvalue weighted by molar-refractivity contribution is -0.0390. The third-order valence-corrected chi connectivity index (χ3v) is 2.92. The first-order valence-corrected chi connectivity index (χ1v) is 5.60. The number of aliphatic hydroxyl groups is 1. The smallest absolute Gasteiger partial charge is 0.120 e. The molecular formula is C13H18O2. The second-order valence-corrected chi connectivity index (χ2v) is 4.58. The predicted octanol–water partition coefficient (Wildman–Crippen LogP) is 2.85. The van der Waals surface area contributed by atoms with Gasteiger partial charge in [0.25, 0.3) is 0 Å². The Labute approximate surface area is 90.9 Å². The van der Waals surface area contributed by atoms with Gasteiger partial charge in [-0.25, -0.2) is 0 Å². The molecule has 0 unspecified atom stereocenters.